The van der Waals surface area contributed by atoms with Crippen LogP contribution in [0.2, 0.25) is 0 Å². The Balaban J connectivity index is 2.04. The molecule has 3 atom stereocenters. The second-order valence-electron chi connectivity index (χ2n) is 6.75. The van der Waals surface area contributed by atoms with Crippen molar-refractivity contribution in [3.05, 3.63) is 41.1 Å². The van der Waals surface area contributed by atoms with Crippen LogP contribution in [-0.4, -0.2) is 31.4 Å². The first-order chi connectivity index (χ1) is 12.5. The number of carbonyl (C=O) groups is 3. The van der Waals surface area contributed by atoms with Crippen molar-refractivity contribution in [3.63, 3.8) is 0 Å². The number of esters is 1. The van der Waals surface area contributed by atoms with E-state index in [0.29, 0.717) is 30.0 Å². The molecule has 3 rings (SSSR count). The van der Waals surface area contributed by atoms with E-state index >= 15 is 0 Å². The Kier molecular flexibility index (Phi) is 5.11. The van der Waals surface area contributed by atoms with E-state index in [1.54, 1.807) is 0 Å². The quantitative estimate of drug-likeness (QED) is 0.661. The summed E-state index contributed by atoms with van der Waals surface area (Å²) < 4.78 is 10.4. The first-order valence-corrected chi connectivity index (χ1v) is 8.84. The van der Waals surface area contributed by atoms with Crippen LogP contribution in [0.4, 0.5) is 0 Å². The number of methoxy groups -OCH3 is 1. The molecule has 0 fully saturated rings. The van der Waals surface area contributed by atoms with Crippen LogP contribution in [-0.2, 0) is 19.1 Å². The van der Waals surface area contributed by atoms with Crippen LogP contribution in [0.5, 0.6) is 5.75 Å². The van der Waals surface area contributed by atoms with Gasteiger partial charge in [-0.1, -0.05) is 19.1 Å². The van der Waals surface area contributed by atoms with Crippen LogP contribution >= 0.6 is 0 Å². The molecule has 6 nitrogen and oxygen atoms in total. The van der Waals surface area contributed by atoms with Crippen molar-refractivity contribution in [2.75, 3.05) is 13.7 Å². The third-order valence-corrected chi connectivity index (χ3v) is 5.02. The van der Waals surface area contributed by atoms with Gasteiger partial charge in [0.25, 0.3) is 0 Å². The van der Waals surface area contributed by atoms with Crippen molar-refractivity contribution in [1.82, 2.24) is 5.32 Å². The second-order valence-corrected chi connectivity index (χ2v) is 6.75. The molecule has 1 N–H and O–H groups in total. The van der Waals surface area contributed by atoms with Gasteiger partial charge in [0.1, 0.15) is 11.7 Å². The topological polar surface area (TPSA) is 81.7 Å². The molecule has 1 amide bonds. The fourth-order valence-corrected chi connectivity index (χ4v) is 3.87. The third-order valence-electron chi connectivity index (χ3n) is 5.02. The van der Waals surface area contributed by atoms with E-state index in [1.165, 1.54) is 7.11 Å². The highest BCUT2D eigenvalue weighted by atomic mass is 16.5. The molecule has 6 heteroatoms. The Morgan fingerprint density at radius 3 is 2.73 bits per heavy atom. The van der Waals surface area contributed by atoms with Crippen LogP contribution < -0.4 is 10.1 Å². The van der Waals surface area contributed by atoms with Gasteiger partial charge in [0.05, 0.1) is 13.7 Å². The molecule has 0 aromatic heterocycles. The minimum absolute atomic E-state index is 0.118. The molecule has 1 aliphatic heterocycles. The van der Waals surface area contributed by atoms with Crippen LogP contribution in [0.3, 0.4) is 0 Å². The number of nitrogens with one attached hydrogen (secondary N) is 1. The highest BCUT2D eigenvalue weighted by Crippen LogP contribution is 2.42. The normalized spacial score (nSPS) is 25.4. The smallest absolute Gasteiger partial charge is 0.316 e. The Hall–Kier alpha value is -2.63. The minimum atomic E-state index is -0.827. The molecule has 1 heterocycles. The van der Waals surface area contributed by atoms with E-state index in [-0.39, 0.29) is 29.9 Å². The Morgan fingerprint density at radius 1 is 1.27 bits per heavy atom. The molecule has 1 aromatic carbocycles. The van der Waals surface area contributed by atoms with Crippen molar-refractivity contribution >= 4 is 17.7 Å². The number of hydrogen-bond acceptors (Lipinski definition) is 5. The monoisotopic (exact) mass is 357 g/mol. The molecule has 26 heavy (non-hydrogen) atoms. The van der Waals surface area contributed by atoms with Crippen LogP contribution in [0.1, 0.15) is 38.2 Å². The van der Waals surface area contributed by atoms with Crippen molar-refractivity contribution in [1.29, 1.82) is 0 Å². The van der Waals surface area contributed by atoms with E-state index in [1.807, 2.05) is 38.1 Å². The lowest BCUT2D eigenvalue weighted by Gasteiger charge is -2.36. The summed E-state index contributed by atoms with van der Waals surface area (Å²) in [6.45, 7) is 4.26. The van der Waals surface area contributed by atoms with Gasteiger partial charge in [-0.25, -0.2) is 0 Å². The molecule has 1 aliphatic carbocycles. The largest absolute Gasteiger partial charge is 0.494 e. The maximum absolute atomic E-state index is 13.1. The van der Waals surface area contributed by atoms with Gasteiger partial charge in [-0.3, -0.25) is 14.4 Å². The van der Waals surface area contributed by atoms with Gasteiger partial charge in [0, 0.05) is 23.6 Å². The third kappa shape index (κ3) is 3.23. The molecule has 138 valence electrons. The highest BCUT2D eigenvalue weighted by molar-refractivity contribution is 6.11. The molecule has 0 spiro atoms. The van der Waals surface area contributed by atoms with E-state index in [0.717, 1.165) is 5.56 Å². The molecular weight excluding hydrogens is 334 g/mol. The predicted molar refractivity (Wildman–Crippen MR) is 94.4 cm³/mol. The number of amides is 1. The van der Waals surface area contributed by atoms with Crippen LogP contribution in [0, 0.1) is 11.8 Å². The van der Waals surface area contributed by atoms with E-state index < -0.39 is 11.9 Å². The predicted octanol–water partition coefficient (Wildman–Crippen LogP) is 2.34. The zero-order chi connectivity index (χ0) is 18.8. The SMILES string of the molecule is CCOc1cccc([C@H]2CC(=O)NC3=C2C(=O)[C@H](C(=O)OC)[C@H](C)C3)c1. The Labute approximate surface area is 152 Å². The summed E-state index contributed by atoms with van der Waals surface area (Å²) in [4.78, 5) is 37.5. The molecule has 0 saturated carbocycles. The van der Waals surface area contributed by atoms with Crippen molar-refractivity contribution in [2.24, 2.45) is 11.8 Å². The summed E-state index contributed by atoms with van der Waals surface area (Å²) in [5, 5.41) is 2.83. The summed E-state index contributed by atoms with van der Waals surface area (Å²) in [6, 6.07) is 7.43. The number of allylic oxidation sites excluding steroid dienone is 2. The van der Waals surface area contributed by atoms with E-state index in [2.05, 4.69) is 5.32 Å². The van der Waals surface area contributed by atoms with Crippen LogP contribution in [0.15, 0.2) is 35.5 Å². The zero-order valence-corrected chi connectivity index (χ0v) is 15.2. The molecule has 0 unspecified atom stereocenters. The average Bonchev–Trinajstić information content (AvgIpc) is 2.61. The number of hydrogen-bond donors (Lipinski definition) is 1. The number of benzene rings is 1. The van der Waals surface area contributed by atoms with Crippen molar-refractivity contribution in [2.45, 2.75) is 32.6 Å². The van der Waals surface area contributed by atoms with Gasteiger partial charge < -0.3 is 14.8 Å². The highest BCUT2D eigenvalue weighted by Gasteiger charge is 2.45. The zero-order valence-electron chi connectivity index (χ0n) is 15.2. The summed E-state index contributed by atoms with van der Waals surface area (Å²) in [7, 11) is 1.29. The number of carbonyl (C=O) groups excluding carboxylic acids is 3. The van der Waals surface area contributed by atoms with Gasteiger partial charge in [-0.15, -0.1) is 0 Å². The standard InChI is InChI=1S/C20H23NO5/c1-4-26-13-7-5-6-12(9-13)14-10-16(22)21-15-8-11(2)17(20(24)25-3)19(23)18(14)15/h5-7,9,11,14,17H,4,8,10H2,1-3H3,(H,21,22)/t11-,14-,17-/m1/s1. The summed E-state index contributed by atoms with van der Waals surface area (Å²) in [5.41, 5.74) is 1.99. The maximum Gasteiger partial charge on any atom is 0.316 e. The number of ketones is 1. The fourth-order valence-electron chi connectivity index (χ4n) is 3.87. The summed E-state index contributed by atoms with van der Waals surface area (Å²) in [6.07, 6.45) is 0.636. The fraction of sp³-hybridized carbons (Fsp3) is 0.450. The minimum Gasteiger partial charge on any atom is -0.494 e. The van der Waals surface area contributed by atoms with Gasteiger partial charge in [0.2, 0.25) is 5.91 Å². The average molecular weight is 357 g/mol. The molecule has 0 bridgehead atoms. The van der Waals surface area contributed by atoms with Gasteiger partial charge in [-0.05, 0) is 37.0 Å². The van der Waals surface area contributed by atoms with Gasteiger partial charge in [0.15, 0.2) is 5.78 Å². The van der Waals surface area contributed by atoms with Crippen molar-refractivity contribution in [3.8, 4) is 5.75 Å². The molecule has 0 saturated heterocycles. The van der Waals surface area contributed by atoms with E-state index in [9.17, 15) is 14.4 Å². The first-order valence-electron chi connectivity index (χ1n) is 8.84. The van der Waals surface area contributed by atoms with Crippen LogP contribution in [0.25, 0.3) is 0 Å². The lowest BCUT2D eigenvalue weighted by molar-refractivity contribution is -0.151. The maximum atomic E-state index is 13.1. The van der Waals surface area contributed by atoms with Gasteiger partial charge >= 0.3 is 5.97 Å². The van der Waals surface area contributed by atoms with Gasteiger partial charge in [-0.2, -0.15) is 0 Å². The number of Topliss-reactive ketones (excluding diaryl/α,β-unsaturated/α-hetero) is 1. The number of rotatable bonds is 4. The molecule has 2 aliphatic rings. The molecule has 1 aromatic rings. The molecular formula is C20H23NO5. The Morgan fingerprint density at radius 2 is 2.04 bits per heavy atom. The lowest BCUT2D eigenvalue weighted by Crippen LogP contribution is -2.44. The second kappa shape index (κ2) is 7.32. The Bertz CT molecular complexity index is 782. The summed E-state index contributed by atoms with van der Waals surface area (Å²) in [5.74, 6) is -1.63. The lowest BCUT2D eigenvalue weighted by atomic mass is 9.70. The molecule has 0 radical (unpaired) electrons. The summed E-state index contributed by atoms with van der Waals surface area (Å²) >= 11 is 0. The van der Waals surface area contributed by atoms with E-state index in [4.69, 9.17) is 9.47 Å². The van der Waals surface area contributed by atoms with Crippen molar-refractivity contribution < 1.29 is 23.9 Å². The number of ether oxygens (including phenoxy) is 2. The first kappa shape index (κ1) is 18.2.